The Kier molecular flexibility index (Phi) is 4.67. The first-order valence-corrected chi connectivity index (χ1v) is 10.8. The quantitative estimate of drug-likeness (QED) is 0.309. The van der Waals surface area contributed by atoms with Crippen molar-refractivity contribution in [2.75, 3.05) is 0 Å². The first kappa shape index (κ1) is 20.1. The number of hydrogen-bond acceptors (Lipinski definition) is 7. The van der Waals surface area contributed by atoms with Gasteiger partial charge in [0.25, 0.3) is 5.56 Å². The molecular formula is C24H19N3O4S. The van der Waals surface area contributed by atoms with Crippen molar-refractivity contribution in [2.45, 2.75) is 27.7 Å². The zero-order chi connectivity index (χ0) is 22.6. The van der Waals surface area contributed by atoms with Crippen LogP contribution in [0.1, 0.15) is 29.2 Å². The van der Waals surface area contributed by atoms with Crippen LogP contribution < -0.4 is 14.8 Å². The standard InChI is InChI=1S/C24H19N3O4S/c1-12-9-16(10-13(2)20(12)30-15(4)28)11-19-23(29)27-24(32-19)25-22(26-27)21-14(3)17-7-5-6-8-18(17)31-21/h5-11H,1-4H3/b19-11-. The van der Waals surface area contributed by atoms with Gasteiger partial charge >= 0.3 is 5.97 Å². The molecule has 0 fully saturated rings. The van der Waals surface area contributed by atoms with Gasteiger partial charge in [0.05, 0.1) is 4.53 Å². The number of aromatic nitrogens is 3. The van der Waals surface area contributed by atoms with Crippen LogP contribution in [0.5, 0.6) is 5.75 Å². The molecule has 0 bridgehead atoms. The fourth-order valence-corrected chi connectivity index (χ4v) is 4.75. The highest BCUT2D eigenvalue weighted by molar-refractivity contribution is 7.15. The summed E-state index contributed by atoms with van der Waals surface area (Å²) in [6.45, 7) is 7.06. The van der Waals surface area contributed by atoms with Gasteiger partial charge in [0, 0.05) is 17.9 Å². The predicted octanol–water partition coefficient (Wildman–Crippen LogP) is 3.96. The first-order chi connectivity index (χ1) is 15.3. The zero-order valence-corrected chi connectivity index (χ0v) is 18.7. The normalized spacial score (nSPS) is 12.2. The van der Waals surface area contributed by atoms with Gasteiger partial charge < -0.3 is 9.15 Å². The number of carbonyl (C=O) groups excluding carboxylic acids is 1. The third-order valence-electron chi connectivity index (χ3n) is 5.25. The van der Waals surface area contributed by atoms with Gasteiger partial charge in [-0.3, -0.25) is 9.59 Å². The van der Waals surface area contributed by atoms with E-state index in [1.807, 2.05) is 57.2 Å². The maximum Gasteiger partial charge on any atom is 0.308 e. The molecule has 0 radical (unpaired) electrons. The van der Waals surface area contributed by atoms with Gasteiger partial charge in [-0.05, 0) is 61.7 Å². The Balaban J connectivity index is 1.57. The second-order valence-corrected chi connectivity index (χ2v) is 8.68. The largest absolute Gasteiger partial charge is 0.452 e. The van der Waals surface area contributed by atoms with E-state index in [0.717, 1.165) is 33.2 Å². The third-order valence-corrected chi connectivity index (χ3v) is 6.21. The van der Waals surface area contributed by atoms with Gasteiger partial charge in [-0.25, -0.2) is 0 Å². The van der Waals surface area contributed by atoms with Crippen LogP contribution in [-0.2, 0) is 4.79 Å². The number of carbonyl (C=O) groups is 1. The van der Waals surface area contributed by atoms with Gasteiger partial charge in [0.2, 0.25) is 10.8 Å². The van der Waals surface area contributed by atoms with Crippen LogP contribution in [0.4, 0.5) is 0 Å². The molecule has 0 amide bonds. The van der Waals surface area contributed by atoms with Gasteiger partial charge in [-0.2, -0.15) is 9.50 Å². The number of rotatable bonds is 3. The Hall–Kier alpha value is -3.78. The summed E-state index contributed by atoms with van der Waals surface area (Å²) in [5.74, 6) is 1.15. The van der Waals surface area contributed by atoms with Crippen LogP contribution in [0.2, 0.25) is 0 Å². The van der Waals surface area contributed by atoms with Crippen molar-refractivity contribution in [2.24, 2.45) is 0 Å². The van der Waals surface area contributed by atoms with Crippen LogP contribution in [0.25, 0.3) is 33.6 Å². The second-order valence-electron chi connectivity index (χ2n) is 7.68. The Morgan fingerprint density at radius 2 is 1.88 bits per heavy atom. The summed E-state index contributed by atoms with van der Waals surface area (Å²) in [7, 11) is 0. The summed E-state index contributed by atoms with van der Waals surface area (Å²) in [4.78, 5) is 29.3. The topological polar surface area (TPSA) is 86.7 Å². The third kappa shape index (κ3) is 3.29. The molecule has 0 saturated carbocycles. The summed E-state index contributed by atoms with van der Waals surface area (Å²) >= 11 is 1.27. The molecule has 8 heteroatoms. The van der Waals surface area contributed by atoms with Gasteiger partial charge in [-0.15, -0.1) is 5.10 Å². The van der Waals surface area contributed by atoms with E-state index in [0.29, 0.717) is 26.8 Å². The van der Waals surface area contributed by atoms with E-state index < -0.39 is 0 Å². The minimum absolute atomic E-state index is 0.239. The van der Waals surface area contributed by atoms with E-state index in [1.165, 1.54) is 22.8 Å². The molecule has 0 spiro atoms. The lowest BCUT2D eigenvalue weighted by molar-refractivity contribution is -0.131. The van der Waals surface area contributed by atoms with Crippen molar-refractivity contribution in [3.63, 3.8) is 0 Å². The Morgan fingerprint density at radius 1 is 1.16 bits per heavy atom. The Labute approximate surface area is 186 Å². The number of ether oxygens (including phenoxy) is 1. The summed E-state index contributed by atoms with van der Waals surface area (Å²) < 4.78 is 13.0. The number of aryl methyl sites for hydroxylation is 3. The number of furan rings is 1. The predicted molar refractivity (Wildman–Crippen MR) is 123 cm³/mol. The van der Waals surface area contributed by atoms with Crippen molar-refractivity contribution in [1.82, 2.24) is 14.6 Å². The molecule has 0 aliphatic rings. The molecular weight excluding hydrogens is 426 g/mol. The lowest BCUT2D eigenvalue weighted by atomic mass is 10.1. The van der Waals surface area contributed by atoms with E-state index >= 15 is 0 Å². The van der Waals surface area contributed by atoms with Crippen LogP contribution in [0, 0.1) is 20.8 Å². The van der Waals surface area contributed by atoms with Crippen molar-refractivity contribution < 1.29 is 13.9 Å². The molecule has 5 rings (SSSR count). The highest BCUT2D eigenvalue weighted by Gasteiger charge is 2.19. The molecule has 3 aromatic heterocycles. The molecule has 0 N–H and O–H groups in total. The average molecular weight is 446 g/mol. The summed E-state index contributed by atoms with van der Waals surface area (Å²) in [5.41, 5.74) is 3.94. The second kappa shape index (κ2) is 7.42. The molecule has 0 unspecified atom stereocenters. The number of hydrogen-bond donors (Lipinski definition) is 0. The van der Waals surface area contributed by atoms with E-state index in [9.17, 15) is 9.59 Å². The highest BCUT2D eigenvalue weighted by Crippen LogP contribution is 2.31. The molecule has 0 aliphatic heterocycles. The molecule has 160 valence electrons. The molecule has 32 heavy (non-hydrogen) atoms. The molecule has 0 atom stereocenters. The van der Waals surface area contributed by atoms with E-state index in [4.69, 9.17) is 9.15 Å². The lowest BCUT2D eigenvalue weighted by Crippen LogP contribution is -2.23. The molecule has 5 aromatic rings. The number of nitrogens with zero attached hydrogens (tertiary/aromatic N) is 3. The van der Waals surface area contributed by atoms with Crippen molar-refractivity contribution in [3.05, 3.63) is 73.5 Å². The van der Waals surface area contributed by atoms with Gasteiger partial charge in [0.15, 0.2) is 5.76 Å². The van der Waals surface area contributed by atoms with Crippen molar-refractivity contribution in [3.8, 4) is 17.3 Å². The minimum Gasteiger partial charge on any atom is -0.452 e. The Morgan fingerprint density at radius 3 is 2.53 bits per heavy atom. The SMILES string of the molecule is CC(=O)Oc1c(C)cc(/C=c2\sc3nc(-c4oc5ccccc5c4C)nn3c2=O)cc1C. The summed E-state index contributed by atoms with van der Waals surface area (Å²) in [6.07, 6.45) is 1.80. The monoisotopic (exact) mass is 445 g/mol. The number of fused-ring (bicyclic) bond motifs is 2. The van der Waals surface area contributed by atoms with Crippen LogP contribution >= 0.6 is 11.3 Å². The van der Waals surface area contributed by atoms with E-state index in [-0.39, 0.29) is 11.5 Å². The fraction of sp³-hybridized carbons (Fsp3) is 0.167. The number of benzene rings is 2. The Bertz CT molecular complexity index is 1620. The maximum absolute atomic E-state index is 13.0. The zero-order valence-electron chi connectivity index (χ0n) is 17.9. The highest BCUT2D eigenvalue weighted by atomic mass is 32.1. The van der Waals surface area contributed by atoms with E-state index in [1.54, 1.807) is 6.08 Å². The molecule has 3 heterocycles. The number of esters is 1. The lowest BCUT2D eigenvalue weighted by Gasteiger charge is -2.10. The molecule has 2 aromatic carbocycles. The van der Waals surface area contributed by atoms with Crippen molar-refractivity contribution in [1.29, 1.82) is 0 Å². The first-order valence-electron chi connectivity index (χ1n) is 10.0. The van der Waals surface area contributed by atoms with Gasteiger partial charge in [-0.1, -0.05) is 29.5 Å². The summed E-state index contributed by atoms with van der Waals surface area (Å²) in [5, 5.41) is 5.41. The smallest absolute Gasteiger partial charge is 0.308 e. The van der Waals surface area contributed by atoms with E-state index in [2.05, 4.69) is 10.1 Å². The maximum atomic E-state index is 13.0. The van der Waals surface area contributed by atoms with Crippen LogP contribution in [-0.4, -0.2) is 20.6 Å². The molecule has 7 nitrogen and oxygen atoms in total. The summed E-state index contributed by atoms with van der Waals surface area (Å²) in [6, 6.07) is 11.5. The molecule has 0 saturated heterocycles. The van der Waals surface area contributed by atoms with Gasteiger partial charge in [0.1, 0.15) is 11.3 Å². The fourth-order valence-electron chi connectivity index (χ4n) is 3.84. The van der Waals surface area contributed by atoms with Crippen molar-refractivity contribution >= 4 is 39.3 Å². The minimum atomic E-state index is -0.365. The van der Waals surface area contributed by atoms with Crippen LogP contribution in [0.3, 0.4) is 0 Å². The van der Waals surface area contributed by atoms with Crippen LogP contribution in [0.15, 0.2) is 45.6 Å². The average Bonchev–Trinajstić information content (AvgIpc) is 3.38. The molecule has 0 aliphatic carbocycles. The number of para-hydroxylation sites is 1. The number of thiazole rings is 1.